The number of nitrogens with one attached hydrogen (secondary N) is 1. The number of rotatable bonds is 4. The van der Waals surface area contributed by atoms with E-state index in [0.29, 0.717) is 18.9 Å². The van der Waals surface area contributed by atoms with Gasteiger partial charge in [0.15, 0.2) is 0 Å². The van der Waals surface area contributed by atoms with Crippen LogP contribution in [0.25, 0.3) is 0 Å². The Balaban J connectivity index is 1.80. The van der Waals surface area contributed by atoms with E-state index in [1.807, 2.05) is 12.1 Å². The zero-order chi connectivity index (χ0) is 13.7. The van der Waals surface area contributed by atoms with Crippen LogP contribution in [-0.4, -0.2) is 28.1 Å². The van der Waals surface area contributed by atoms with Gasteiger partial charge in [-0.25, -0.2) is 0 Å². The number of pyridine rings is 1. The fourth-order valence-corrected chi connectivity index (χ4v) is 2.81. The van der Waals surface area contributed by atoms with Gasteiger partial charge in [-0.15, -0.1) is 0 Å². The zero-order valence-corrected chi connectivity index (χ0v) is 11.4. The van der Waals surface area contributed by atoms with Gasteiger partial charge in [-0.3, -0.25) is 9.78 Å². The summed E-state index contributed by atoms with van der Waals surface area (Å²) in [6, 6.07) is 3.70. The number of aromatic nitrogens is 1. The summed E-state index contributed by atoms with van der Waals surface area (Å²) in [4.78, 5) is 15.8. The van der Waals surface area contributed by atoms with Gasteiger partial charge in [0, 0.05) is 18.9 Å². The Morgan fingerprint density at radius 1 is 1.63 bits per heavy atom. The smallest absolute Gasteiger partial charge is 0.224 e. The summed E-state index contributed by atoms with van der Waals surface area (Å²) in [5.41, 5.74) is 0.173. The van der Waals surface area contributed by atoms with E-state index in [0.717, 1.165) is 24.8 Å². The van der Waals surface area contributed by atoms with Gasteiger partial charge in [0.05, 0.1) is 12.0 Å². The van der Waals surface area contributed by atoms with Crippen molar-refractivity contribution in [1.29, 1.82) is 0 Å². The predicted octanol–water partition coefficient (Wildman–Crippen LogP) is 1.68. The molecule has 0 aromatic carbocycles. The van der Waals surface area contributed by atoms with Gasteiger partial charge in [-0.05, 0) is 30.4 Å². The topological polar surface area (TPSA) is 62.2 Å². The van der Waals surface area contributed by atoms with Crippen LogP contribution in [0.3, 0.4) is 0 Å². The Morgan fingerprint density at radius 2 is 2.47 bits per heavy atom. The van der Waals surface area contributed by atoms with Crippen molar-refractivity contribution in [2.24, 2.45) is 5.92 Å². The third-order valence-corrected chi connectivity index (χ3v) is 3.77. The van der Waals surface area contributed by atoms with Crippen LogP contribution >= 0.6 is 0 Å². The maximum absolute atomic E-state index is 11.8. The van der Waals surface area contributed by atoms with Crippen LogP contribution in [0.1, 0.15) is 38.2 Å². The molecule has 2 rings (SSSR count). The van der Waals surface area contributed by atoms with Crippen molar-refractivity contribution in [3.8, 4) is 0 Å². The highest BCUT2D eigenvalue weighted by molar-refractivity contribution is 5.78. The highest BCUT2D eigenvalue weighted by Crippen LogP contribution is 2.31. The average Bonchev–Trinajstić information content (AvgIpc) is 2.38. The van der Waals surface area contributed by atoms with E-state index in [-0.39, 0.29) is 5.91 Å². The van der Waals surface area contributed by atoms with Gasteiger partial charge >= 0.3 is 0 Å². The Morgan fingerprint density at radius 3 is 3.16 bits per heavy atom. The van der Waals surface area contributed by atoms with Gasteiger partial charge in [-0.2, -0.15) is 0 Å². The van der Waals surface area contributed by atoms with Gasteiger partial charge in [0.1, 0.15) is 0 Å². The van der Waals surface area contributed by atoms with Crippen molar-refractivity contribution in [2.45, 2.75) is 44.6 Å². The quantitative estimate of drug-likeness (QED) is 0.868. The Hall–Kier alpha value is -1.42. The minimum absolute atomic E-state index is 0.0559. The molecule has 1 fully saturated rings. The number of nitrogens with zero attached hydrogens (tertiary/aromatic N) is 1. The fourth-order valence-electron chi connectivity index (χ4n) is 2.81. The molecule has 1 amide bonds. The molecule has 2 atom stereocenters. The SMILES string of the molecule is CC1CCCC(O)(CNC(=O)Cc2cccnc2)C1. The summed E-state index contributed by atoms with van der Waals surface area (Å²) in [6.45, 7) is 2.51. The first-order chi connectivity index (χ1) is 9.07. The Bertz CT molecular complexity index is 421. The van der Waals surface area contributed by atoms with Crippen LogP contribution in [0, 0.1) is 5.92 Å². The van der Waals surface area contributed by atoms with Gasteiger partial charge in [-0.1, -0.05) is 25.8 Å². The Kier molecular flexibility index (Phi) is 4.53. The van der Waals surface area contributed by atoms with E-state index in [4.69, 9.17) is 0 Å². The highest BCUT2D eigenvalue weighted by atomic mass is 16.3. The molecule has 1 aliphatic carbocycles. The number of aliphatic hydroxyl groups is 1. The molecule has 4 heteroatoms. The molecule has 0 saturated heterocycles. The van der Waals surface area contributed by atoms with Crippen LogP contribution in [0.5, 0.6) is 0 Å². The number of amides is 1. The van der Waals surface area contributed by atoms with Gasteiger partial charge in [0.25, 0.3) is 0 Å². The molecule has 1 aliphatic rings. The molecule has 4 nitrogen and oxygen atoms in total. The Labute approximate surface area is 114 Å². The van der Waals surface area contributed by atoms with Crippen LogP contribution in [-0.2, 0) is 11.2 Å². The summed E-state index contributed by atoms with van der Waals surface area (Å²) < 4.78 is 0. The molecule has 104 valence electrons. The van der Waals surface area contributed by atoms with Crippen LogP contribution in [0.4, 0.5) is 0 Å². The molecule has 0 radical (unpaired) electrons. The summed E-state index contributed by atoms with van der Waals surface area (Å²) in [7, 11) is 0. The molecule has 2 N–H and O–H groups in total. The summed E-state index contributed by atoms with van der Waals surface area (Å²) in [6.07, 6.45) is 7.47. The van der Waals surface area contributed by atoms with Crippen molar-refractivity contribution in [3.05, 3.63) is 30.1 Å². The van der Waals surface area contributed by atoms with E-state index < -0.39 is 5.60 Å². The molecule has 1 aromatic rings. The second-order valence-corrected chi connectivity index (χ2v) is 5.74. The summed E-state index contributed by atoms with van der Waals surface area (Å²) >= 11 is 0. The molecule has 2 unspecified atom stereocenters. The molecular formula is C15H22N2O2. The molecule has 0 bridgehead atoms. The third kappa shape index (κ3) is 4.31. The fraction of sp³-hybridized carbons (Fsp3) is 0.600. The van der Waals surface area contributed by atoms with E-state index in [9.17, 15) is 9.90 Å². The highest BCUT2D eigenvalue weighted by Gasteiger charge is 2.32. The number of hydrogen-bond acceptors (Lipinski definition) is 3. The van der Waals surface area contributed by atoms with Crippen molar-refractivity contribution in [1.82, 2.24) is 10.3 Å². The first-order valence-electron chi connectivity index (χ1n) is 6.95. The van der Waals surface area contributed by atoms with E-state index in [1.165, 1.54) is 6.42 Å². The van der Waals surface area contributed by atoms with E-state index >= 15 is 0 Å². The molecule has 19 heavy (non-hydrogen) atoms. The van der Waals surface area contributed by atoms with Crippen LogP contribution in [0.15, 0.2) is 24.5 Å². The molecule has 0 spiro atoms. The van der Waals surface area contributed by atoms with Gasteiger partial charge < -0.3 is 10.4 Å². The average molecular weight is 262 g/mol. The standard InChI is InChI=1S/C15H22N2O2/c1-12-4-2-6-15(19,9-12)11-17-14(18)8-13-5-3-7-16-10-13/h3,5,7,10,12,19H,2,4,6,8-9,11H2,1H3,(H,17,18). The molecular weight excluding hydrogens is 240 g/mol. The lowest BCUT2D eigenvalue weighted by atomic mass is 9.79. The second-order valence-electron chi connectivity index (χ2n) is 5.74. The first-order valence-corrected chi connectivity index (χ1v) is 6.95. The molecule has 0 aliphatic heterocycles. The molecule has 1 heterocycles. The van der Waals surface area contributed by atoms with Crippen LogP contribution < -0.4 is 5.32 Å². The van der Waals surface area contributed by atoms with Crippen molar-refractivity contribution >= 4 is 5.91 Å². The third-order valence-electron chi connectivity index (χ3n) is 3.77. The van der Waals surface area contributed by atoms with E-state index in [1.54, 1.807) is 12.4 Å². The molecule has 1 aromatic heterocycles. The second kappa shape index (κ2) is 6.15. The van der Waals surface area contributed by atoms with Gasteiger partial charge in [0.2, 0.25) is 5.91 Å². The number of hydrogen-bond donors (Lipinski definition) is 2. The van der Waals surface area contributed by atoms with E-state index in [2.05, 4.69) is 17.2 Å². The first kappa shape index (κ1) is 14.0. The lowest BCUT2D eigenvalue weighted by molar-refractivity contribution is -0.122. The lowest BCUT2D eigenvalue weighted by Gasteiger charge is -2.35. The largest absolute Gasteiger partial charge is 0.388 e. The number of carbonyl (C=O) groups is 1. The summed E-state index contributed by atoms with van der Waals surface area (Å²) in [5.74, 6) is 0.480. The minimum atomic E-state index is -0.720. The van der Waals surface area contributed by atoms with Crippen molar-refractivity contribution < 1.29 is 9.90 Å². The monoisotopic (exact) mass is 262 g/mol. The maximum atomic E-state index is 11.8. The maximum Gasteiger partial charge on any atom is 0.224 e. The minimum Gasteiger partial charge on any atom is -0.388 e. The summed E-state index contributed by atoms with van der Waals surface area (Å²) in [5, 5.41) is 13.3. The number of carbonyl (C=O) groups excluding carboxylic acids is 1. The van der Waals surface area contributed by atoms with Crippen LogP contribution in [0.2, 0.25) is 0 Å². The van der Waals surface area contributed by atoms with Crippen molar-refractivity contribution in [2.75, 3.05) is 6.54 Å². The molecule has 1 saturated carbocycles. The normalized spacial score (nSPS) is 26.9. The predicted molar refractivity (Wildman–Crippen MR) is 73.5 cm³/mol. The zero-order valence-electron chi connectivity index (χ0n) is 11.4. The van der Waals surface area contributed by atoms with Crippen molar-refractivity contribution in [3.63, 3.8) is 0 Å². The lowest BCUT2D eigenvalue weighted by Crippen LogP contribution is -2.46.